The lowest BCUT2D eigenvalue weighted by molar-refractivity contribution is 0.0404. The molecule has 0 N–H and O–H groups in total. The Balaban J connectivity index is 2.05. The third kappa shape index (κ3) is 3.42. The highest BCUT2D eigenvalue weighted by Crippen LogP contribution is 2.25. The van der Waals surface area contributed by atoms with Crippen molar-refractivity contribution in [1.29, 1.82) is 0 Å². The molecule has 2 atom stereocenters. The maximum atomic E-state index is 2.64. The van der Waals surface area contributed by atoms with Gasteiger partial charge in [0.15, 0.2) is 0 Å². The molecule has 1 aliphatic heterocycles. The summed E-state index contributed by atoms with van der Waals surface area (Å²) >= 11 is 0. The van der Waals surface area contributed by atoms with E-state index in [1.54, 1.807) is 0 Å². The molecular weight excluding hydrogens is 244 g/mol. The second-order valence-electron chi connectivity index (χ2n) is 6.45. The fourth-order valence-corrected chi connectivity index (χ4v) is 3.40. The normalized spacial score (nSPS) is 23.2. The minimum atomic E-state index is 0.526. The van der Waals surface area contributed by atoms with Crippen LogP contribution in [0.1, 0.15) is 51.8 Å². The quantitative estimate of drug-likeness (QED) is 0.825. The molecule has 2 heteroatoms. The maximum Gasteiger partial charge on any atom is 0.0321 e. The molecular formula is C18H30N2. The summed E-state index contributed by atoms with van der Waals surface area (Å²) in [6, 6.07) is 10.9. The van der Waals surface area contributed by atoms with Gasteiger partial charge < -0.3 is 0 Å². The molecule has 0 saturated carbocycles. The van der Waals surface area contributed by atoms with E-state index in [2.05, 4.69) is 68.7 Å². The van der Waals surface area contributed by atoms with Gasteiger partial charge in [-0.05, 0) is 45.2 Å². The summed E-state index contributed by atoms with van der Waals surface area (Å²) in [6.45, 7) is 15.1. The Morgan fingerprint density at radius 2 is 1.95 bits per heavy atom. The molecule has 20 heavy (non-hydrogen) atoms. The Labute approximate surface area is 124 Å². The van der Waals surface area contributed by atoms with Crippen LogP contribution in [0.2, 0.25) is 0 Å². The number of aryl methyl sites for hydroxylation is 1. The van der Waals surface area contributed by atoms with E-state index in [1.807, 2.05) is 0 Å². The van der Waals surface area contributed by atoms with E-state index < -0.39 is 0 Å². The highest BCUT2D eigenvalue weighted by Gasteiger charge is 2.28. The Hall–Kier alpha value is -0.860. The molecule has 112 valence electrons. The van der Waals surface area contributed by atoms with Gasteiger partial charge in [0.2, 0.25) is 0 Å². The van der Waals surface area contributed by atoms with Gasteiger partial charge in [-0.15, -0.1) is 0 Å². The minimum absolute atomic E-state index is 0.526. The first kappa shape index (κ1) is 15.5. The molecule has 2 rings (SSSR count). The van der Waals surface area contributed by atoms with Crippen LogP contribution in [-0.4, -0.2) is 41.5 Å². The Kier molecular flexibility index (Phi) is 5.22. The van der Waals surface area contributed by atoms with Crippen LogP contribution in [0.4, 0.5) is 0 Å². The van der Waals surface area contributed by atoms with Crippen molar-refractivity contribution in [1.82, 2.24) is 9.80 Å². The molecule has 1 aromatic rings. The molecule has 2 nitrogen and oxygen atoms in total. The monoisotopic (exact) mass is 274 g/mol. The van der Waals surface area contributed by atoms with E-state index in [0.717, 1.165) is 6.42 Å². The largest absolute Gasteiger partial charge is 0.296 e. The summed E-state index contributed by atoms with van der Waals surface area (Å²) in [4.78, 5) is 5.25. The van der Waals surface area contributed by atoms with Crippen LogP contribution < -0.4 is 0 Å². The van der Waals surface area contributed by atoms with Gasteiger partial charge in [0.1, 0.15) is 0 Å². The maximum absolute atomic E-state index is 2.64. The molecule has 2 unspecified atom stereocenters. The van der Waals surface area contributed by atoms with Crippen LogP contribution in [0.15, 0.2) is 24.3 Å². The smallest absolute Gasteiger partial charge is 0.0321 e. The number of rotatable bonds is 4. The Bertz CT molecular complexity index is 427. The van der Waals surface area contributed by atoms with Gasteiger partial charge in [-0.25, -0.2) is 0 Å². The molecule has 1 aliphatic rings. The van der Waals surface area contributed by atoms with Gasteiger partial charge in [-0.1, -0.05) is 31.2 Å². The molecule has 0 amide bonds. The van der Waals surface area contributed by atoms with Crippen LogP contribution >= 0.6 is 0 Å². The van der Waals surface area contributed by atoms with Crippen molar-refractivity contribution in [2.75, 3.05) is 19.6 Å². The van der Waals surface area contributed by atoms with E-state index in [4.69, 9.17) is 0 Å². The molecule has 1 heterocycles. The number of hydrogen-bond donors (Lipinski definition) is 0. The zero-order chi connectivity index (χ0) is 14.7. The first-order valence-electron chi connectivity index (χ1n) is 8.11. The summed E-state index contributed by atoms with van der Waals surface area (Å²) < 4.78 is 0. The van der Waals surface area contributed by atoms with Crippen molar-refractivity contribution in [3.05, 3.63) is 35.4 Å². The van der Waals surface area contributed by atoms with Crippen molar-refractivity contribution >= 4 is 0 Å². The van der Waals surface area contributed by atoms with Crippen LogP contribution in [0.25, 0.3) is 0 Å². The molecule has 1 aromatic carbocycles. The summed E-state index contributed by atoms with van der Waals surface area (Å²) in [7, 11) is 0. The van der Waals surface area contributed by atoms with Crippen molar-refractivity contribution in [3.63, 3.8) is 0 Å². The lowest BCUT2D eigenvalue weighted by Crippen LogP contribution is -2.54. The van der Waals surface area contributed by atoms with Crippen LogP contribution in [0.3, 0.4) is 0 Å². The van der Waals surface area contributed by atoms with Crippen LogP contribution in [0.5, 0.6) is 0 Å². The number of piperazine rings is 1. The molecule has 1 fully saturated rings. The fourth-order valence-electron chi connectivity index (χ4n) is 3.40. The third-order valence-electron chi connectivity index (χ3n) is 4.76. The van der Waals surface area contributed by atoms with Crippen LogP contribution in [-0.2, 0) is 6.42 Å². The molecule has 0 bridgehead atoms. The molecule has 0 spiro atoms. The first-order valence-corrected chi connectivity index (χ1v) is 8.11. The second-order valence-corrected chi connectivity index (χ2v) is 6.45. The Morgan fingerprint density at radius 3 is 2.55 bits per heavy atom. The molecule has 0 aromatic heterocycles. The van der Waals surface area contributed by atoms with Crippen molar-refractivity contribution < 1.29 is 0 Å². The number of hydrogen-bond acceptors (Lipinski definition) is 2. The van der Waals surface area contributed by atoms with E-state index in [1.165, 1.54) is 30.8 Å². The summed E-state index contributed by atoms with van der Waals surface area (Å²) in [5.74, 6) is 0. The van der Waals surface area contributed by atoms with Crippen molar-refractivity contribution in [3.8, 4) is 0 Å². The third-order valence-corrected chi connectivity index (χ3v) is 4.76. The summed E-state index contributed by atoms with van der Waals surface area (Å²) in [6.07, 6.45) is 1.12. The average molecular weight is 274 g/mol. The molecule has 1 saturated heterocycles. The predicted molar refractivity (Wildman–Crippen MR) is 87.1 cm³/mol. The van der Waals surface area contributed by atoms with Gasteiger partial charge in [-0.2, -0.15) is 0 Å². The van der Waals surface area contributed by atoms with Gasteiger partial charge in [-0.3, -0.25) is 9.80 Å². The lowest BCUT2D eigenvalue weighted by atomic mass is 10.0. The summed E-state index contributed by atoms with van der Waals surface area (Å²) in [5.41, 5.74) is 2.91. The summed E-state index contributed by atoms with van der Waals surface area (Å²) in [5, 5.41) is 0. The zero-order valence-corrected chi connectivity index (χ0v) is 13.8. The standard InChI is InChI=1S/C18H30N2/c1-6-17-8-7-9-18(12-17)16(5)19-10-11-20(14(2)3)15(4)13-19/h7-9,12,14-16H,6,10-11,13H2,1-5H3. The van der Waals surface area contributed by atoms with Crippen LogP contribution in [0, 0.1) is 0 Å². The highest BCUT2D eigenvalue weighted by molar-refractivity contribution is 5.26. The van der Waals surface area contributed by atoms with E-state index in [0.29, 0.717) is 18.1 Å². The fraction of sp³-hybridized carbons (Fsp3) is 0.667. The van der Waals surface area contributed by atoms with E-state index in [9.17, 15) is 0 Å². The predicted octanol–water partition coefficient (Wildman–Crippen LogP) is 3.72. The first-order chi connectivity index (χ1) is 9.52. The molecule has 0 aliphatic carbocycles. The highest BCUT2D eigenvalue weighted by atomic mass is 15.3. The van der Waals surface area contributed by atoms with Gasteiger partial charge in [0.25, 0.3) is 0 Å². The lowest BCUT2D eigenvalue weighted by Gasteiger charge is -2.44. The van der Waals surface area contributed by atoms with E-state index in [-0.39, 0.29) is 0 Å². The van der Waals surface area contributed by atoms with Gasteiger partial charge in [0.05, 0.1) is 0 Å². The van der Waals surface area contributed by atoms with Gasteiger partial charge >= 0.3 is 0 Å². The minimum Gasteiger partial charge on any atom is -0.296 e. The average Bonchev–Trinajstić information content (AvgIpc) is 2.46. The topological polar surface area (TPSA) is 6.48 Å². The molecule has 0 radical (unpaired) electrons. The van der Waals surface area contributed by atoms with Crippen molar-refractivity contribution in [2.45, 2.75) is 59.2 Å². The zero-order valence-electron chi connectivity index (χ0n) is 13.8. The number of benzene rings is 1. The second kappa shape index (κ2) is 6.73. The Morgan fingerprint density at radius 1 is 1.20 bits per heavy atom. The van der Waals surface area contributed by atoms with Crippen molar-refractivity contribution in [2.24, 2.45) is 0 Å². The van der Waals surface area contributed by atoms with Gasteiger partial charge in [0, 0.05) is 37.8 Å². The van der Waals surface area contributed by atoms with E-state index >= 15 is 0 Å². The number of nitrogens with zero attached hydrogens (tertiary/aromatic N) is 2. The SMILES string of the molecule is CCc1cccc(C(C)N2CCN(C(C)C)C(C)C2)c1.